The highest BCUT2D eigenvalue weighted by Gasteiger charge is 2.29. The van der Waals surface area contributed by atoms with Crippen LogP contribution in [0.25, 0.3) is 0 Å². The van der Waals surface area contributed by atoms with E-state index in [1.165, 1.54) is 18.6 Å². The predicted molar refractivity (Wildman–Crippen MR) is 117 cm³/mol. The van der Waals surface area contributed by atoms with Crippen LogP contribution in [0.2, 0.25) is 0 Å². The molecule has 30 heavy (non-hydrogen) atoms. The molecule has 0 spiro atoms. The summed E-state index contributed by atoms with van der Waals surface area (Å²) in [6.45, 7) is 4.14. The van der Waals surface area contributed by atoms with Gasteiger partial charge in [-0.05, 0) is 55.5 Å². The van der Waals surface area contributed by atoms with E-state index in [1.54, 1.807) is 24.0 Å². The van der Waals surface area contributed by atoms with Crippen molar-refractivity contribution in [1.82, 2.24) is 5.32 Å². The van der Waals surface area contributed by atoms with Gasteiger partial charge in [0.25, 0.3) is 0 Å². The number of benzene rings is 2. The van der Waals surface area contributed by atoms with E-state index in [4.69, 9.17) is 0 Å². The van der Waals surface area contributed by atoms with Crippen molar-refractivity contribution in [3.8, 4) is 0 Å². The molecule has 0 unspecified atom stereocenters. The number of fused-ring (bicyclic) bond motifs is 1. The van der Waals surface area contributed by atoms with E-state index in [9.17, 15) is 18.0 Å². The lowest BCUT2D eigenvalue weighted by atomic mass is 10.1. The zero-order valence-corrected chi connectivity index (χ0v) is 18.2. The molecule has 1 N–H and O–H groups in total. The smallest absolute Gasteiger partial charge is 0.223 e. The van der Waals surface area contributed by atoms with E-state index < -0.39 is 15.1 Å². The van der Waals surface area contributed by atoms with Gasteiger partial charge in [0, 0.05) is 32.1 Å². The maximum absolute atomic E-state index is 12.9. The minimum Gasteiger partial charge on any atom is -0.356 e. The molecule has 0 aliphatic carbocycles. The van der Waals surface area contributed by atoms with Gasteiger partial charge in [0.2, 0.25) is 11.8 Å². The summed E-state index contributed by atoms with van der Waals surface area (Å²) >= 11 is 0. The van der Waals surface area contributed by atoms with E-state index in [-0.39, 0.29) is 23.1 Å². The Bertz CT molecular complexity index is 1020. The van der Waals surface area contributed by atoms with Crippen LogP contribution in [-0.2, 0) is 32.3 Å². The van der Waals surface area contributed by atoms with Crippen LogP contribution in [0, 0.1) is 0 Å². The fourth-order valence-electron chi connectivity index (χ4n) is 3.72. The van der Waals surface area contributed by atoms with Gasteiger partial charge in [0.15, 0.2) is 9.84 Å². The number of anilines is 1. The van der Waals surface area contributed by atoms with Crippen LogP contribution in [-0.4, -0.2) is 38.6 Å². The second-order valence-electron chi connectivity index (χ2n) is 7.71. The standard InChI is InChI=1S/C23H28N2O4S/c1-17(15-23(27)24-13-6-9-19-7-4-3-5-8-19)30(28,29)21-10-11-22-20(16-21)12-14-25(22)18(2)26/h3-5,7-8,10-11,16-17H,6,9,12-15H2,1-2H3,(H,24,27)/t17-/m0/s1. The SMILES string of the molecule is CC(=O)N1CCc2cc(S(=O)(=O)[C@@H](C)CC(=O)NCCCc3ccccc3)ccc21. The van der Waals surface area contributed by atoms with Crippen molar-refractivity contribution in [1.29, 1.82) is 0 Å². The van der Waals surface area contributed by atoms with E-state index in [0.717, 1.165) is 24.1 Å². The summed E-state index contributed by atoms with van der Waals surface area (Å²) in [5, 5.41) is 2.00. The first-order valence-electron chi connectivity index (χ1n) is 10.2. The molecule has 6 nitrogen and oxygen atoms in total. The molecular weight excluding hydrogens is 400 g/mol. The third kappa shape index (κ3) is 5.08. The Hall–Kier alpha value is -2.67. The maximum atomic E-state index is 12.9. The van der Waals surface area contributed by atoms with Gasteiger partial charge < -0.3 is 10.2 Å². The summed E-state index contributed by atoms with van der Waals surface area (Å²) in [4.78, 5) is 25.8. The summed E-state index contributed by atoms with van der Waals surface area (Å²) in [5.41, 5.74) is 2.83. The average molecular weight is 429 g/mol. The summed E-state index contributed by atoms with van der Waals surface area (Å²) in [7, 11) is -3.63. The van der Waals surface area contributed by atoms with Gasteiger partial charge in [0.1, 0.15) is 0 Å². The van der Waals surface area contributed by atoms with Crippen molar-refractivity contribution in [3.05, 3.63) is 59.7 Å². The molecule has 2 aromatic carbocycles. The molecule has 0 radical (unpaired) electrons. The number of hydrogen-bond donors (Lipinski definition) is 1. The normalized spacial score (nSPS) is 14.3. The molecule has 1 heterocycles. The zero-order valence-electron chi connectivity index (χ0n) is 17.4. The molecule has 1 aliphatic heterocycles. The Morgan fingerprint density at radius 3 is 2.57 bits per heavy atom. The highest BCUT2D eigenvalue weighted by Crippen LogP contribution is 2.31. The molecule has 0 fully saturated rings. The van der Waals surface area contributed by atoms with Gasteiger partial charge in [-0.2, -0.15) is 0 Å². The largest absolute Gasteiger partial charge is 0.356 e. The molecule has 2 amide bonds. The van der Waals surface area contributed by atoms with Crippen LogP contribution < -0.4 is 10.2 Å². The van der Waals surface area contributed by atoms with Crippen molar-refractivity contribution < 1.29 is 18.0 Å². The van der Waals surface area contributed by atoms with Crippen LogP contribution in [0.3, 0.4) is 0 Å². The van der Waals surface area contributed by atoms with Crippen molar-refractivity contribution in [2.45, 2.75) is 49.7 Å². The Kier molecular flexibility index (Phi) is 6.92. The lowest BCUT2D eigenvalue weighted by Crippen LogP contribution is -2.31. The van der Waals surface area contributed by atoms with Crippen LogP contribution in [0.5, 0.6) is 0 Å². The van der Waals surface area contributed by atoms with Crippen LogP contribution in [0.15, 0.2) is 53.4 Å². The average Bonchev–Trinajstić information content (AvgIpc) is 3.15. The lowest BCUT2D eigenvalue weighted by Gasteiger charge is -2.16. The fraction of sp³-hybridized carbons (Fsp3) is 0.391. The van der Waals surface area contributed by atoms with Crippen LogP contribution in [0.1, 0.15) is 37.8 Å². The number of carbonyl (C=O) groups excluding carboxylic acids is 2. The summed E-state index contributed by atoms with van der Waals surface area (Å²) in [6.07, 6.45) is 2.22. The first kappa shape index (κ1) is 22.0. The highest BCUT2D eigenvalue weighted by atomic mass is 32.2. The third-order valence-electron chi connectivity index (χ3n) is 5.46. The monoisotopic (exact) mass is 428 g/mol. The van der Waals surface area contributed by atoms with Crippen molar-refractivity contribution in [2.75, 3.05) is 18.0 Å². The lowest BCUT2D eigenvalue weighted by molar-refractivity contribution is -0.121. The maximum Gasteiger partial charge on any atom is 0.223 e. The minimum absolute atomic E-state index is 0.0540. The van der Waals surface area contributed by atoms with E-state index in [0.29, 0.717) is 19.5 Å². The summed E-state index contributed by atoms with van der Waals surface area (Å²) < 4.78 is 25.9. The summed E-state index contributed by atoms with van der Waals surface area (Å²) in [5.74, 6) is -0.315. The van der Waals surface area contributed by atoms with Crippen LogP contribution in [0.4, 0.5) is 5.69 Å². The Morgan fingerprint density at radius 2 is 1.87 bits per heavy atom. The second kappa shape index (κ2) is 9.43. The number of hydrogen-bond acceptors (Lipinski definition) is 4. The predicted octanol–water partition coefficient (Wildman–Crippen LogP) is 2.90. The topological polar surface area (TPSA) is 83.6 Å². The van der Waals surface area contributed by atoms with E-state index in [1.807, 2.05) is 30.3 Å². The van der Waals surface area contributed by atoms with Gasteiger partial charge in [-0.25, -0.2) is 8.42 Å². The Morgan fingerprint density at radius 1 is 1.13 bits per heavy atom. The molecule has 0 saturated heterocycles. The quantitative estimate of drug-likeness (QED) is 0.656. The van der Waals surface area contributed by atoms with Gasteiger partial charge in [-0.15, -0.1) is 0 Å². The highest BCUT2D eigenvalue weighted by molar-refractivity contribution is 7.92. The van der Waals surface area contributed by atoms with Gasteiger partial charge in [-0.3, -0.25) is 9.59 Å². The first-order valence-corrected chi connectivity index (χ1v) is 11.8. The van der Waals surface area contributed by atoms with Crippen molar-refractivity contribution in [3.63, 3.8) is 0 Å². The molecule has 0 bridgehead atoms. The van der Waals surface area contributed by atoms with E-state index in [2.05, 4.69) is 5.32 Å². The fourth-order valence-corrected chi connectivity index (χ4v) is 5.12. The minimum atomic E-state index is -3.63. The van der Waals surface area contributed by atoms with Crippen molar-refractivity contribution >= 4 is 27.3 Å². The molecule has 1 atom stereocenters. The number of nitrogens with zero attached hydrogens (tertiary/aromatic N) is 1. The molecule has 7 heteroatoms. The number of sulfone groups is 1. The number of nitrogens with one attached hydrogen (secondary N) is 1. The number of amides is 2. The summed E-state index contributed by atoms with van der Waals surface area (Å²) in [6, 6.07) is 14.9. The molecule has 1 aliphatic rings. The van der Waals surface area contributed by atoms with Gasteiger partial charge >= 0.3 is 0 Å². The zero-order chi connectivity index (χ0) is 21.7. The second-order valence-corrected chi connectivity index (χ2v) is 10.1. The number of rotatable bonds is 8. The van der Waals surface area contributed by atoms with Gasteiger partial charge in [-0.1, -0.05) is 30.3 Å². The molecule has 3 rings (SSSR count). The van der Waals surface area contributed by atoms with Gasteiger partial charge in [0.05, 0.1) is 10.1 Å². The third-order valence-corrected chi connectivity index (χ3v) is 7.60. The molecular formula is C23H28N2O4S. The Balaban J connectivity index is 1.54. The molecule has 2 aromatic rings. The number of aryl methyl sites for hydroxylation is 1. The Labute approximate surface area is 178 Å². The van der Waals surface area contributed by atoms with Crippen LogP contribution >= 0.6 is 0 Å². The molecule has 160 valence electrons. The molecule has 0 saturated carbocycles. The van der Waals surface area contributed by atoms with E-state index >= 15 is 0 Å². The first-order chi connectivity index (χ1) is 14.3. The number of carbonyl (C=O) groups is 2. The van der Waals surface area contributed by atoms with Crippen molar-refractivity contribution in [2.24, 2.45) is 0 Å². The molecule has 0 aromatic heterocycles.